The maximum atomic E-state index is 11.0. The van der Waals surface area contributed by atoms with E-state index in [1.807, 2.05) is 0 Å². The lowest BCUT2D eigenvalue weighted by atomic mass is 9.99. The Labute approximate surface area is 79.1 Å². The molecule has 0 spiro atoms. The lowest BCUT2D eigenvalue weighted by molar-refractivity contribution is -0.143. The van der Waals surface area contributed by atoms with E-state index in [9.17, 15) is 4.79 Å². The van der Waals surface area contributed by atoms with Gasteiger partial charge in [-0.05, 0) is 18.8 Å². The second-order valence-corrected chi connectivity index (χ2v) is 3.09. The molecule has 12 heavy (non-hydrogen) atoms. The average molecular weight is 194 g/mol. The Morgan fingerprint density at radius 3 is 2.42 bits per heavy atom. The first-order chi connectivity index (χ1) is 5.25. The summed E-state index contributed by atoms with van der Waals surface area (Å²) >= 11 is 0. The van der Waals surface area contributed by atoms with Crippen LogP contribution in [0.2, 0.25) is 0 Å². The van der Waals surface area contributed by atoms with Crippen molar-refractivity contribution in [3.8, 4) is 0 Å². The van der Waals surface area contributed by atoms with Crippen molar-refractivity contribution in [3.05, 3.63) is 0 Å². The molecule has 0 amide bonds. The first-order valence-corrected chi connectivity index (χ1v) is 4.09. The molecule has 1 fully saturated rings. The van der Waals surface area contributed by atoms with Crippen molar-refractivity contribution >= 4 is 18.4 Å². The molecule has 0 radical (unpaired) electrons. The van der Waals surface area contributed by atoms with Crippen LogP contribution in [0.3, 0.4) is 0 Å². The minimum atomic E-state index is -0.387. The average Bonchev–Trinajstić information content (AvgIpc) is 2.53. The van der Waals surface area contributed by atoms with Gasteiger partial charge in [0.1, 0.15) is 6.04 Å². The van der Waals surface area contributed by atoms with Crippen LogP contribution in [-0.2, 0) is 9.53 Å². The molecule has 1 unspecified atom stereocenters. The van der Waals surface area contributed by atoms with Crippen molar-refractivity contribution in [2.45, 2.75) is 31.7 Å². The van der Waals surface area contributed by atoms with Crippen LogP contribution in [0, 0.1) is 5.92 Å². The molecule has 0 aromatic heterocycles. The Bertz CT molecular complexity index is 146. The van der Waals surface area contributed by atoms with E-state index in [-0.39, 0.29) is 24.4 Å². The van der Waals surface area contributed by atoms with Gasteiger partial charge in [0.15, 0.2) is 0 Å². The Morgan fingerprint density at radius 1 is 1.50 bits per heavy atom. The highest BCUT2D eigenvalue weighted by Crippen LogP contribution is 2.27. The summed E-state index contributed by atoms with van der Waals surface area (Å²) in [5.41, 5.74) is 5.66. The molecular formula is C8H16ClNO2. The number of hydrogen-bond donors (Lipinski definition) is 1. The van der Waals surface area contributed by atoms with Crippen LogP contribution >= 0.6 is 12.4 Å². The highest BCUT2D eigenvalue weighted by atomic mass is 35.5. The first kappa shape index (κ1) is 11.7. The second kappa shape index (κ2) is 5.38. The fourth-order valence-electron chi connectivity index (χ4n) is 1.65. The Kier molecular flexibility index (Phi) is 5.25. The molecule has 1 rings (SSSR count). The van der Waals surface area contributed by atoms with E-state index in [4.69, 9.17) is 5.73 Å². The molecule has 3 nitrogen and oxygen atoms in total. The third-order valence-corrected chi connectivity index (χ3v) is 2.38. The summed E-state index contributed by atoms with van der Waals surface area (Å²) in [6.07, 6.45) is 4.57. The molecule has 1 saturated carbocycles. The number of esters is 1. The van der Waals surface area contributed by atoms with Gasteiger partial charge in [-0.2, -0.15) is 0 Å². The minimum Gasteiger partial charge on any atom is -0.468 e. The summed E-state index contributed by atoms with van der Waals surface area (Å²) in [7, 11) is 1.39. The Morgan fingerprint density at radius 2 is 2.00 bits per heavy atom. The van der Waals surface area contributed by atoms with Crippen LogP contribution in [0.4, 0.5) is 0 Å². The topological polar surface area (TPSA) is 52.3 Å². The van der Waals surface area contributed by atoms with E-state index < -0.39 is 0 Å². The van der Waals surface area contributed by atoms with E-state index in [0.29, 0.717) is 5.92 Å². The monoisotopic (exact) mass is 193 g/mol. The molecule has 0 aromatic rings. The standard InChI is InChI=1S/C8H15NO2.ClH/c1-11-8(10)7(9)6-4-2-3-5-6;/h6-7H,2-5,9H2,1H3;1H. The molecule has 1 atom stereocenters. The van der Waals surface area contributed by atoms with Gasteiger partial charge in [0.2, 0.25) is 0 Å². The van der Waals surface area contributed by atoms with E-state index in [2.05, 4.69) is 4.74 Å². The van der Waals surface area contributed by atoms with Crippen molar-refractivity contribution in [1.82, 2.24) is 0 Å². The zero-order valence-electron chi connectivity index (χ0n) is 7.29. The second-order valence-electron chi connectivity index (χ2n) is 3.09. The molecule has 4 heteroatoms. The molecule has 2 N–H and O–H groups in total. The van der Waals surface area contributed by atoms with Gasteiger partial charge in [-0.15, -0.1) is 12.4 Å². The number of hydrogen-bond acceptors (Lipinski definition) is 3. The van der Waals surface area contributed by atoms with Crippen LogP contribution in [0.25, 0.3) is 0 Å². The van der Waals surface area contributed by atoms with E-state index in [1.165, 1.54) is 20.0 Å². The van der Waals surface area contributed by atoms with Crippen molar-refractivity contribution in [2.24, 2.45) is 11.7 Å². The molecule has 0 aromatic carbocycles. The van der Waals surface area contributed by atoms with Gasteiger partial charge < -0.3 is 10.5 Å². The number of carbonyl (C=O) groups excluding carboxylic acids is 1. The number of nitrogens with two attached hydrogens (primary N) is 1. The van der Waals surface area contributed by atoms with Crippen LogP contribution in [-0.4, -0.2) is 19.1 Å². The highest BCUT2D eigenvalue weighted by molar-refractivity contribution is 5.85. The molecule has 1 aliphatic rings. The van der Waals surface area contributed by atoms with Gasteiger partial charge in [-0.3, -0.25) is 4.79 Å². The lowest BCUT2D eigenvalue weighted by Crippen LogP contribution is -2.37. The van der Waals surface area contributed by atoms with Crippen molar-refractivity contribution < 1.29 is 9.53 Å². The van der Waals surface area contributed by atoms with Gasteiger partial charge >= 0.3 is 5.97 Å². The number of carbonyl (C=O) groups is 1. The van der Waals surface area contributed by atoms with Crippen molar-refractivity contribution in [3.63, 3.8) is 0 Å². The summed E-state index contributed by atoms with van der Waals surface area (Å²) in [4.78, 5) is 11.0. The summed E-state index contributed by atoms with van der Waals surface area (Å²) in [6.45, 7) is 0. The van der Waals surface area contributed by atoms with Gasteiger partial charge in [0.05, 0.1) is 7.11 Å². The zero-order valence-corrected chi connectivity index (χ0v) is 8.10. The molecule has 0 heterocycles. The number of methoxy groups -OCH3 is 1. The summed E-state index contributed by atoms with van der Waals surface area (Å²) in [5.74, 6) is 0.0966. The predicted molar refractivity (Wildman–Crippen MR) is 49.2 cm³/mol. The Hall–Kier alpha value is -0.280. The third kappa shape index (κ3) is 2.64. The largest absolute Gasteiger partial charge is 0.468 e. The van der Waals surface area contributed by atoms with Crippen LogP contribution in [0.15, 0.2) is 0 Å². The fraction of sp³-hybridized carbons (Fsp3) is 0.875. The van der Waals surface area contributed by atoms with Crippen molar-refractivity contribution in [1.29, 1.82) is 0 Å². The quantitative estimate of drug-likeness (QED) is 0.669. The smallest absolute Gasteiger partial charge is 0.322 e. The summed E-state index contributed by atoms with van der Waals surface area (Å²) in [6, 6.07) is -0.387. The van der Waals surface area contributed by atoms with Gasteiger partial charge in [0, 0.05) is 0 Å². The SMILES string of the molecule is COC(=O)C(N)C1CCCC1.Cl. The van der Waals surface area contributed by atoms with Gasteiger partial charge in [-0.1, -0.05) is 12.8 Å². The maximum absolute atomic E-state index is 11.0. The third-order valence-electron chi connectivity index (χ3n) is 2.38. The highest BCUT2D eigenvalue weighted by Gasteiger charge is 2.27. The molecule has 0 saturated heterocycles. The van der Waals surface area contributed by atoms with E-state index >= 15 is 0 Å². The molecule has 0 bridgehead atoms. The number of rotatable bonds is 2. The number of halogens is 1. The lowest BCUT2D eigenvalue weighted by Gasteiger charge is -2.15. The van der Waals surface area contributed by atoms with E-state index in [0.717, 1.165) is 12.8 Å². The zero-order chi connectivity index (χ0) is 8.27. The maximum Gasteiger partial charge on any atom is 0.322 e. The minimum absolute atomic E-state index is 0. The van der Waals surface area contributed by atoms with Crippen molar-refractivity contribution in [2.75, 3.05) is 7.11 Å². The van der Waals surface area contributed by atoms with Crippen LogP contribution in [0.1, 0.15) is 25.7 Å². The Balaban J connectivity index is 0.00000121. The predicted octanol–water partition coefficient (Wildman–Crippen LogP) is 1.10. The summed E-state index contributed by atoms with van der Waals surface area (Å²) in [5, 5.41) is 0. The molecule has 72 valence electrons. The normalized spacial score (nSPS) is 19.8. The van der Waals surface area contributed by atoms with Crippen LogP contribution < -0.4 is 5.73 Å². The van der Waals surface area contributed by atoms with Crippen LogP contribution in [0.5, 0.6) is 0 Å². The molecular weight excluding hydrogens is 178 g/mol. The fourth-order valence-corrected chi connectivity index (χ4v) is 1.65. The molecule has 1 aliphatic carbocycles. The summed E-state index contributed by atoms with van der Waals surface area (Å²) < 4.78 is 4.56. The van der Waals surface area contributed by atoms with Gasteiger partial charge in [-0.25, -0.2) is 0 Å². The van der Waals surface area contributed by atoms with E-state index in [1.54, 1.807) is 0 Å². The number of ether oxygens (including phenoxy) is 1. The van der Waals surface area contributed by atoms with Gasteiger partial charge in [0.25, 0.3) is 0 Å². The first-order valence-electron chi connectivity index (χ1n) is 4.09. The molecule has 0 aliphatic heterocycles.